The molecule has 182 valence electrons. The van der Waals surface area contributed by atoms with Crippen molar-refractivity contribution in [2.75, 3.05) is 26.7 Å². The summed E-state index contributed by atoms with van der Waals surface area (Å²) in [7, 11) is 1.56. The summed E-state index contributed by atoms with van der Waals surface area (Å²) in [6.45, 7) is 4.05. The fraction of sp³-hybridized carbons (Fsp3) is 0.300. The molecule has 0 aromatic heterocycles. The molecule has 4 rings (SSSR count). The first-order valence-corrected chi connectivity index (χ1v) is 12.1. The number of benzene rings is 3. The zero-order valence-electron chi connectivity index (χ0n) is 20.4. The van der Waals surface area contributed by atoms with Crippen LogP contribution < -0.4 is 9.47 Å². The van der Waals surface area contributed by atoms with E-state index in [0.717, 1.165) is 49.2 Å². The van der Waals surface area contributed by atoms with Crippen molar-refractivity contribution < 1.29 is 19.4 Å². The third-order valence-electron chi connectivity index (χ3n) is 6.72. The lowest BCUT2D eigenvalue weighted by atomic mass is 9.72. The highest BCUT2D eigenvalue weighted by atomic mass is 16.6. The lowest BCUT2D eigenvalue weighted by molar-refractivity contribution is -0.132. The van der Waals surface area contributed by atoms with Crippen molar-refractivity contribution in [2.45, 2.75) is 25.4 Å². The van der Waals surface area contributed by atoms with Crippen molar-refractivity contribution in [2.24, 2.45) is 5.92 Å². The molecule has 0 saturated carbocycles. The quantitative estimate of drug-likeness (QED) is 0.358. The molecule has 0 aliphatic carbocycles. The van der Waals surface area contributed by atoms with Crippen molar-refractivity contribution in [3.63, 3.8) is 0 Å². The first-order chi connectivity index (χ1) is 17.0. The Labute approximate surface area is 207 Å². The number of hydrogen-bond donors (Lipinski definition) is 1. The Balaban J connectivity index is 1.40. The number of aliphatic hydroxyl groups is 1. The number of piperidine rings is 1. The molecule has 1 saturated heterocycles. The summed E-state index contributed by atoms with van der Waals surface area (Å²) in [6.07, 6.45) is 6.02. The van der Waals surface area contributed by atoms with Gasteiger partial charge in [-0.05, 0) is 60.7 Å². The largest absolute Gasteiger partial charge is 0.493 e. The first kappa shape index (κ1) is 24.7. The van der Waals surface area contributed by atoms with Crippen LogP contribution >= 0.6 is 0 Å². The minimum atomic E-state index is -0.995. The molecule has 5 heteroatoms. The molecule has 5 nitrogen and oxygen atoms in total. The number of carbonyl (C=O) groups excluding carboxylic acids is 1. The molecule has 0 bridgehead atoms. The van der Waals surface area contributed by atoms with E-state index >= 15 is 0 Å². The van der Waals surface area contributed by atoms with E-state index in [1.54, 1.807) is 13.2 Å². The predicted molar refractivity (Wildman–Crippen MR) is 138 cm³/mol. The highest BCUT2D eigenvalue weighted by Gasteiger charge is 2.41. The molecule has 0 radical (unpaired) electrons. The van der Waals surface area contributed by atoms with Crippen molar-refractivity contribution in [1.82, 2.24) is 4.90 Å². The summed E-state index contributed by atoms with van der Waals surface area (Å²) >= 11 is 0. The maximum atomic E-state index is 12.0. The number of esters is 1. The molecule has 35 heavy (non-hydrogen) atoms. The molecule has 3 aromatic carbocycles. The molecule has 0 amide bonds. The Morgan fingerprint density at radius 3 is 2.11 bits per heavy atom. The van der Waals surface area contributed by atoms with E-state index in [4.69, 9.17) is 9.47 Å². The molecular formula is C30H33NO4. The number of rotatable bonds is 8. The molecule has 1 aliphatic heterocycles. The molecule has 0 atom stereocenters. The summed E-state index contributed by atoms with van der Waals surface area (Å²) in [5, 5.41) is 12.0. The van der Waals surface area contributed by atoms with Gasteiger partial charge in [0, 0.05) is 13.5 Å². The van der Waals surface area contributed by atoms with E-state index in [1.807, 2.05) is 72.8 Å². The van der Waals surface area contributed by atoms with Gasteiger partial charge in [0.25, 0.3) is 0 Å². The van der Waals surface area contributed by atoms with E-state index in [-0.39, 0.29) is 11.9 Å². The van der Waals surface area contributed by atoms with Crippen LogP contribution in [-0.4, -0.2) is 42.7 Å². The topological polar surface area (TPSA) is 59.0 Å². The maximum absolute atomic E-state index is 12.0. The fourth-order valence-electron chi connectivity index (χ4n) is 4.92. The van der Waals surface area contributed by atoms with E-state index < -0.39 is 5.60 Å². The monoisotopic (exact) mass is 471 g/mol. The van der Waals surface area contributed by atoms with Gasteiger partial charge in [-0.15, -0.1) is 0 Å². The van der Waals surface area contributed by atoms with Crippen LogP contribution in [0.5, 0.6) is 11.5 Å². The van der Waals surface area contributed by atoms with Gasteiger partial charge in [0.2, 0.25) is 0 Å². The van der Waals surface area contributed by atoms with Gasteiger partial charge in [0.15, 0.2) is 11.5 Å². The normalized spacial score (nSPS) is 15.3. The molecular weight excluding hydrogens is 438 g/mol. The van der Waals surface area contributed by atoms with E-state index in [1.165, 1.54) is 6.92 Å². The average Bonchev–Trinajstić information content (AvgIpc) is 2.90. The Kier molecular flexibility index (Phi) is 8.01. The van der Waals surface area contributed by atoms with Crippen molar-refractivity contribution >= 4 is 12.0 Å². The van der Waals surface area contributed by atoms with Crippen LogP contribution in [0.25, 0.3) is 6.08 Å². The van der Waals surface area contributed by atoms with Crippen molar-refractivity contribution in [3.05, 3.63) is 102 Å². The highest BCUT2D eigenvalue weighted by Crippen LogP contribution is 2.41. The molecule has 1 heterocycles. The van der Waals surface area contributed by atoms with Gasteiger partial charge in [0.1, 0.15) is 5.60 Å². The van der Waals surface area contributed by atoms with Gasteiger partial charge in [-0.1, -0.05) is 78.9 Å². The van der Waals surface area contributed by atoms with Crippen molar-refractivity contribution in [1.29, 1.82) is 0 Å². The second-order valence-electron chi connectivity index (χ2n) is 8.98. The zero-order valence-corrected chi connectivity index (χ0v) is 20.4. The van der Waals surface area contributed by atoms with Crippen LogP contribution in [0.1, 0.15) is 36.5 Å². The average molecular weight is 472 g/mol. The molecule has 0 unspecified atom stereocenters. The van der Waals surface area contributed by atoms with Gasteiger partial charge in [-0.3, -0.25) is 9.69 Å². The molecule has 1 N–H and O–H groups in total. The number of ether oxygens (including phenoxy) is 2. The minimum Gasteiger partial charge on any atom is -0.493 e. The van der Waals surface area contributed by atoms with Crippen LogP contribution in [0, 0.1) is 5.92 Å². The van der Waals surface area contributed by atoms with Gasteiger partial charge < -0.3 is 14.6 Å². The Morgan fingerprint density at radius 2 is 1.57 bits per heavy atom. The van der Waals surface area contributed by atoms with Gasteiger partial charge in [-0.25, -0.2) is 0 Å². The number of likely N-dealkylation sites (tertiary alicyclic amines) is 1. The number of nitrogens with zero attached hydrogens (tertiary/aromatic N) is 1. The van der Waals surface area contributed by atoms with Gasteiger partial charge in [0.05, 0.1) is 7.11 Å². The van der Waals surface area contributed by atoms with E-state index in [2.05, 4.69) is 17.1 Å². The summed E-state index contributed by atoms with van der Waals surface area (Å²) in [4.78, 5) is 13.7. The lowest BCUT2D eigenvalue weighted by Crippen LogP contribution is -2.44. The second-order valence-corrected chi connectivity index (χ2v) is 8.98. The first-order valence-electron chi connectivity index (χ1n) is 12.1. The predicted octanol–water partition coefficient (Wildman–Crippen LogP) is 5.28. The molecule has 1 fully saturated rings. The number of carbonyl (C=O) groups is 1. The summed E-state index contributed by atoms with van der Waals surface area (Å²) < 4.78 is 10.5. The fourth-order valence-corrected chi connectivity index (χ4v) is 4.92. The van der Waals surface area contributed by atoms with E-state index in [9.17, 15) is 9.90 Å². The molecule has 0 spiro atoms. The number of hydrogen-bond acceptors (Lipinski definition) is 5. The Hall–Kier alpha value is -3.41. The lowest BCUT2D eigenvalue weighted by Gasteiger charge is -2.42. The third-order valence-corrected chi connectivity index (χ3v) is 6.72. The van der Waals surface area contributed by atoms with Crippen LogP contribution in [0.3, 0.4) is 0 Å². The summed E-state index contributed by atoms with van der Waals surface area (Å²) in [6, 6.07) is 25.6. The van der Waals surface area contributed by atoms with Gasteiger partial charge >= 0.3 is 5.97 Å². The van der Waals surface area contributed by atoms with Crippen LogP contribution in [-0.2, 0) is 10.4 Å². The Bertz CT molecular complexity index is 1100. The van der Waals surface area contributed by atoms with Crippen LogP contribution in [0.15, 0.2) is 84.9 Å². The maximum Gasteiger partial charge on any atom is 0.308 e. The molecule has 3 aromatic rings. The summed E-state index contributed by atoms with van der Waals surface area (Å²) in [5.41, 5.74) is 1.89. The standard InChI is InChI=1S/C30H33NO4/c1-23(32)35-28-16-15-24(22-29(28)34-2)10-9-19-31-20-17-27(18-21-31)30(33,25-11-5-3-6-12-25)26-13-7-4-8-14-26/h3-16,22,27,33H,17-21H2,1-2H3. The van der Waals surface area contributed by atoms with E-state index in [0.29, 0.717) is 11.5 Å². The second kappa shape index (κ2) is 11.3. The van der Waals surface area contributed by atoms with Crippen LogP contribution in [0.4, 0.5) is 0 Å². The van der Waals surface area contributed by atoms with Crippen LogP contribution in [0.2, 0.25) is 0 Å². The Morgan fingerprint density at radius 1 is 0.971 bits per heavy atom. The third kappa shape index (κ3) is 5.81. The van der Waals surface area contributed by atoms with Crippen molar-refractivity contribution in [3.8, 4) is 11.5 Å². The minimum absolute atomic E-state index is 0.144. The number of methoxy groups -OCH3 is 1. The zero-order chi connectivity index (χ0) is 24.7. The highest BCUT2D eigenvalue weighted by molar-refractivity contribution is 5.71. The SMILES string of the molecule is COc1cc(C=CCN2CCC(C(O)(c3ccccc3)c3ccccc3)CC2)ccc1OC(C)=O. The van der Waals surface area contributed by atoms with Gasteiger partial charge in [-0.2, -0.15) is 0 Å². The smallest absolute Gasteiger partial charge is 0.308 e. The summed E-state index contributed by atoms with van der Waals surface area (Å²) in [5.74, 6) is 0.722. The molecule has 1 aliphatic rings.